The van der Waals surface area contributed by atoms with Crippen LogP contribution in [0.15, 0.2) is 53.0 Å². The van der Waals surface area contributed by atoms with Crippen molar-refractivity contribution in [3.05, 3.63) is 64.1 Å². The lowest BCUT2D eigenvalue weighted by atomic mass is 9.61. The van der Waals surface area contributed by atoms with Crippen LogP contribution in [0.5, 0.6) is 5.75 Å². The van der Waals surface area contributed by atoms with Crippen molar-refractivity contribution in [2.24, 2.45) is 17.8 Å². The number of nitrogens with zero attached hydrogens (tertiary/aromatic N) is 2. The van der Waals surface area contributed by atoms with E-state index in [0.29, 0.717) is 30.9 Å². The zero-order chi connectivity index (χ0) is 28.0. The highest BCUT2D eigenvalue weighted by molar-refractivity contribution is 9.10. The number of nitrogens with one attached hydrogen (secondary N) is 1. The summed E-state index contributed by atoms with van der Waals surface area (Å²) >= 11 is 3.38. The van der Waals surface area contributed by atoms with Gasteiger partial charge in [0, 0.05) is 29.4 Å². The molecule has 3 saturated carbocycles. The first-order valence-electron chi connectivity index (χ1n) is 14.2. The predicted octanol–water partition coefficient (Wildman–Crippen LogP) is 3.70. The van der Waals surface area contributed by atoms with Gasteiger partial charge in [-0.2, -0.15) is 0 Å². The monoisotopic (exact) mass is 607 g/mol. The Labute approximate surface area is 242 Å². The maximum atomic E-state index is 14.0. The lowest BCUT2D eigenvalue weighted by molar-refractivity contribution is -0.138. The maximum Gasteiger partial charge on any atom is 0.251 e. The van der Waals surface area contributed by atoms with Crippen molar-refractivity contribution in [1.29, 1.82) is 0 Å². The van der Waals surface area contributed by atoms with Crippen LogP contribution < -0.4 is 5.32 Å². The summed E-state index contributed by atoms with van der Waals surface area (Å²) in [6.07, 6.45) is 6.07. The number of carbonyl (C=O) groups excluding carboxylic acids is 4. The zero-order valence-corrected chi connectivity index (χ0v) is 23.9. The molecule has 5 aliphatic rings. The minimum absolute atomic E-state index is 0.0325. The van der Waals surface area contributed by atoms with Crippen molar-refractivity contribution in [3.8, 4) is 5.75 Å². The Morgan fingerprint density at radius 1 is 1.00 bits per heavy atom. The van der Waals surface area contributed by atoms with Crippen LogP contribution in [0.3, 0.4) is 0 Å². The van der Waals surface area contributed by atoms with Crippen LogP contribution in [0.2, 0.25) is 0 Å². The molecule has 2 heterocycles. The number of hydrogen-bond donors (Lipinski definition) is 2. The van der Waals surface area contributed by atoms with E-state index in [9.17, 15) is 24.3 Å². The van der Waals surface area contributed by atoms with E-state index < -0.39 is 18.0 Å². The molecule has 7 rings (SSSR count). The van der Waals surface area contributed by atoms with Crippen LogP contribution in [-0.2, 0) is 20.8 Å². The van der Waals surface area contributed by atoms with E-state index in [-0.39, 0.29) is 42.4 Å². The topological polar surface area (TPSA) is 107 Å². The second kappa shape index (κ2) is 11.0. The number of Topliss-reactive ketones (excluding diaryl/α,β-unsaturated/α-hetero) is 1. The van der Waals surface area contributed by atoms with Crippen LogP contribution in [0.1, 0.15) is 54.4 Å². The SMILES string of the molecule is O=C(N[C@@H](Cc1ccc(O)cc1)C(=O)N1CC[C@@H]2[C@H]1C(=O)CN2C(=O)CC1CC2CC(C1)C2)c1cccc(Br)c1. The van der Waals surface area contributed by atoms with E-state index in [1.54, 1.807) is 52.3 Å². The Balaban J connectivity index is 1.17. The van der Waals surface area contributed by atoms with Crippen molar-refractivity contribution >= 4 is 39.4 Å². The number of fused-ring (bicyclic) bond motifs is 3. The average molecular weight is 609 g/mol. The first-order chi connectivity index (χ1) is 19.2. The molecular weight excluding hydrogens is 574 g/mol. The smallest absolute Gasteiger partial charge is 0.251 e. The molecule has 2 saturated heterocycles. The third kappa shape index (κ3) is 5.40. The van der Waals surface area contributed by atoms with E-state index in [1.807, 2.05) is 6.07 Å². The molecule has 2 aromatic carbocycles. The largest absolute Gasteiger partial charge is 0.508 e. The van der Waals surface area contributed by atoms with Gasteiger partial charge in [-0.1, -0.05) is 34.1 Å². The summed E-state index contributed by atoms with van der Waals surface area (Å²) in [5.41, 5.74) is 1.17. The number of likely N-dealkylation sites (tertiary alicyclic amines) is 2. The fraction of sp³-hybridized carbons (Fsp3) is 0.484. The first-order valence-corrected chi connectivity index (χ1v) is 15.0. The van der Waals surface area contributed by atoms with E-state index in [4.69, 9.17) is 0 Å². The Kier molecular flexibility index (Phi) is 7.42. The zero-order valence-electron chi connectivity index (χ0n) is 22.3. The third-order valence-corrected chi connectivity index (χ3v) is 9.72. The summed E-state index contributed by atoms with van der Waals surface area (Å²) in [4.78, 5) is 57.0. The number of amides is 3. The minimum atomic E-state index is -0.915. The number of aromatic hydroxyl groups is 1. The van der Waals surface area contributed by atoms with Gasteiger partial charge in [-0.3, -0.25) is 19.2 Å². The molecule has 5 fully saturated rings. The van der Waals surface area contributed by atoms with Gasteiger partial charge in [0.05, 0.1) is 12.6 Å². The molecule has 9 heteroatoms. The van der Waals surface area contributed by atoms with Crippen molar-refractivity contribution in [2.45, 2.75) is 63.1 Å². The number of phenols is 1. The van der Waals surface area contributed by atoms with Gasteiger partial charge in [0.15, 0.2) is 5.78 Å². The summed E-state index contributed by atoms with van der Waals surface area (Å²) in [5.74, 6) is 1.24. The lowest BCUT2D eigenvalue weighted by Gasteiger charge is -2.45. The molecule has 8 nitrogen and oxygen atoms in total. The van der Waals surface area contributed by atoms with Crippen molar-refractivity contribution in [3.63, 3.8) is 0 Å². The number of hydrogen-bond acceptors (Lipinski definition) is 5. The molecule has 3 amide bonds. The normalized spacial score (nSPS) is 27.6. The van der Waals surface area contributed by atoms with Crippen LogP contribution in [0, 0.1) is 17.8 Å². The van der Waals surface area contributed by atoms with Crippen LogP contribution in [-0.4, -0.2) is 69.6 Å². The van der Waals surface area contributed by atoms with Crippen LogP contribution in [0.25, 0.3) is 0 Å². The number of carbonyl (C=O) groups is 4. The second-order valence-corrected chi connectivity index (χ2v) is 12.9. The van der Waals surface area contributed by atoms with E-state index in [1.165, 1.54) is 12.8 Å². The molecule has 0 radical (unpaired) electrons. The van der Waals surface area contributed by atoms with Gasteiger partial charge in [0.2, 0.25) is 11.8 Å². The van der Waals surface area contributed by atoms with Gasteiger partial charge in [-0.15, -0.1) is 0 Å². The quantitative estimate of drug-likeness (QED) is 0.499. The highest BCUT2D eigenvalue weighted by Crippen LogP contribution is 2.49. The molecule has 2 aromatic rings. The summed E-state index contributed by atoms with van der Waals surface area (Å²) < 4.78 is 0.746. The molecule has 0 aromatic heterocycles. The van der Waals surface area contributed by atoms with Gasteiger partial charge >= 0.3 is 0 Å². The van der Waals surface area contributed by atoms with Crippen LogP contribution in [0.4, 0.5) is 0 Å². The molecule has 2 N–H and O–H groups in total. The molecule has 0 unspecified atom stereocenters. The second-order valence-electron chi connectivity index (χ2n) is 12.0. The standard InChI is InChI=1S/C31H34BrN3O5/c32-23-3-1-2-22(16-23)30(39)33-25(14-18-4-6-24(36)7-5-18)31(40)34-9-8-26-29(34)27(37)17-35(26)28(38)15-21-12-19-10-20(11-19)13-21/h1-7,16,19-21,25-26,29,36H,8-15,17H2,(H,33,39)/t19?,20?,21?,25-,26+,29-/m0/s1. The minimum Gasteiger partial charge on any atom is -0.508 e. The molecule has 0 spiro atoms. The summed E-state index contributed by atoms with van der Waals surface area (Å²) in [5, 5.41) is 12.6. The summed E-state index contributed by atoms with van der Waals surface area (Å²) in [6.45, 7) is 0.403. The van der Waals surface area contributed by atoms with E-state index >= 15 is 0 Å². The number of ketones is 1. The van der Waals surface area contributed by atoms with Gasteiger partial charge < -0.3 is 20.2 Å². The Morgan fingerprint density at radius 3 is 2.42 bits per heavy atom. The Hall–Kier alpha value is -3.20. The van der Waals surface area contributed by atoms with E-state index in [0.717, 1.165) is 34.7 Å². The van der Waals surface area contributed by atoms with Gasteiger partial charge in [-0.25, -0.2) is 0 Å². The maximum absolute atomic E-state index is 14.0. The number of rotatable bonds is 7. The number of phenolic OH excluding ortho intramolecular Hbond substituents is 1. The Morgan fingerprint density at radius 2 is 1.73 bits per heavy atom. The van der Waals surface area contributed by atoms with Gasteiger partial charge in [0.1, 0.15) is 17.8 Å². The number of halogens is 1. The van der Waals surface area contributed by atoms with Crippen molar-refractivity contribution in [2.75, 3.05) is 13.1 Å². The average Bonchev–Trinajstić information content (AvgIpc) is 3.50. The molecule has 210 valence electrons. The predicted molar refractivity (Wildman–Crippen MR) is 151 cm³/mol. The Bertz CT molecular complexity index is 1310. The first kappa shape index (κ1) is 27.0. The molecular formula is C31H34BrN3O5. The van der Waals surface area contributed by atoms with Crippen LogP contribution >= 0.6 is 15.9 Å². The highest BCUT2D eigenvalue weighted by Gasteiger charge is 2.52. The van der Waals surface area contributed by atoms with Gasteiger partial charge in [0.25, 0.3) is 5.91 Å². The molecule has 2 bridgehead atoms. The number of benzene rings is 2. The summed E-state index contributed by atoms with van der Waals surface area (Å²) in [6, 6.07) is 11.5. The third-order valence-electron chi connectivity index (χ3n) is 9.22. The van der Waals surface area contributed by atoms with Gasteiger partial charge in [-0.05, 0) is 85.8 Å². The molecule has 3 aliphatic carbocycles. The fourth-order valence-electron chi connectivity index (χ4n) is 7.36. The molecule has 40 heavy (non-hydrogen) atoms. The fourth-order valence-corrected chi connectivity index (χ4v) is 7.76. The van der Waals surface area contributed by atoms with Crippen molar-refractivity contribution < 1.29 is 24.3 Å². The lowest BCUT2D eigenvalue weighted by Crippen LogP contribution is -2.53. The highest BCUT2D eigenvalue weighted by atomic mass is 79.9. The summed E-state index contributed by atoms with van der Waals surface area (Å²) in [7, 11) is 0. The molecule has 3 atom stereocenters. The van der Waals surface area contributed by atoms with Crippen molar-refractivity contribution in [1.82, 2.24) is 15.1 Å². The van der Waals surface area contributed by atoms with E-state index in [2.05, 4.69) is 21.2 Å². The molecule has 2 aliphatic heterocycles.